The van der Waals surface area contributed by atoms with Crippen molar-refractivity contribution in [3.05, 3.63) is 58.1 Å². The van der Waals surface area contributed by atoms with Crippen molar-refractivity contribution in [3.8, 4) is 0 Å². The topological polar surface area (TPSA) is 49.4 Å². The number of hydrogen-bond donors (Lipinski definition) is 1. The van der Waals surface area contributed by atoms with E-state index in [1.54, 1.807) is 37.4 Å². The van der Waals surface area contributed by atoms with E-state index >= 15 is 0 Å². The monoisotopic (exact) mass is 336 g/mol. The summed E-state index contributed by atoms with van der Waals surface area (Å²) in [5, 5.41) is 3.54. The van der Waals surface area contributed by atoms with Gasteiger partial charge < -0.3 is 10.2 Å². The van der Waals surface area contributed by atoms with Gasteiger partial charge in [-0.3, -0.25) is 9.59 Å². The van der Waals surface area contributed by atoms with Crippen molar-refractivity contribution in [2.24, 2.45) is 0 Å². The third-order valence-electron chi connectivity index (χ3n) is 3.09. The molecule has 0 aliphatic rings. The normalized spacial score (nSPS) is 10.2. The summed E-state index contributed by atoms with van der Waals surface area (Å²) in [6.45, 7) is 1.47. The Balaban J connectivity index is 2.21. The SMILES string of the molecule is CC(=O)N(C)c1cccc(NC(=O)c2cc(Cl)cc(Cl)c2)c1. The van der Waals surface area contributed by atoms with Gasteiger partial charge in [-0.1, -0.05) is 29.3 Å². The van der Waals surface area contributed by atoms with E-state index < -0.39 is 0 Å². The van der Waals surface area contributed by atoms with Crippen LogP contribution in [-0.4, -0.2) is 18.9 Å². The summed E-state index contributed by atoms with van der Waals surface area (Å²) in [5.74, 6) is -0.419. The fourth-order valence-corrected chi connectivity index (χ4v) is 2.39. The molecule has 1 N–H and O–H groups in total. The Labute approximate surface area is 138 Å². The molecule has 0 bridgehead atoms. The van der Waals surface area contributed by atoms with Crippen LogP contribution in [-0.2, 0) is 4.79 Å². The number of benzene rings is 2. The number of nitrogens with one attached hydrogen (secondary N) is 1. The third-order valence-corrected chi connectivity index (χ3v) is 3.52. The summed E-state index contributed by atoms with van der Waals surface area (Å²) in [7, 11) is 1.67. The van der Waals surface area contributed by atoms with Crippen molar-refractivity contribution in [2.45, 2.75) is 6.92 Å². The maximum Gasteiger partial charge on any atom is 0.255 e. The number of halogens is 2. The summed E-state index contributed by atoms with van der Waals surface area (Å²) >= 11 is 11.8. The van der Waals surface area contributed by atoms with Crippen molar-refractivity contribution < 1.29 is 9.59 Å². The second-order valence-corrected chi connectivity index (χ2v) is 5.61. The molecule has 0 atom stereocenters. The van der Waals surface area contributed by atoms with Crippen LogP contribution in [0.5, 0.6) is 0 Å². The van der Waals surface area contributed by atoms with Crippen molar-refractivity contribution in [1.82, 2.24) is 0 Å². The first-order valence-electron chi connectivity index (χ1n) is 6.48. The van der Waals surface area contributed by atoms with Crippen LogP contribution in [0.3, 0.4) is 0 Å². The largest absolute Gasteiger partial charge is 0.322 e. The van der Waals surface area contributed by atoms with Gasteiger partial charge in [0.25, 0.3) is 5.91 Å². The lowest BCUT2D eigenvalue weighted by Gasteiger charge is -2.16. The Morgan fingerprint density at radius 2 is 1.68 bits per heavy atom. The molecule has 0 aliphatic heterocycles. The fourth-order valence-electron chi connectivity index (χ4n) is 1.86. The molecule has 114 valence electrons. The van der Waals surface area contributed by atoms with Crippen LogP contribution in [0, 0.1) is 0 Å². The summed E-state index contributed by atoms with van der Waals surface area (Å²) in [6.07, 6.45) is 0. The van der Waals surface area contributed by atoms with Crippen LogP contribution in [0.2, 0.25) is 10.0 Å². The van der Waals surface area contributed by atoms with E-state index in [0.29, 0.717) is 27.0 Å². The van der Waals surface area contributed by atoms with E-state index in [0.717, 1.165) is 0 Å². The zero-order valence-electron chi connectivity index (χ0n) is 12.1. The number of anilines is 2. The molecule has 0 aromatic heterocycles. The minimum absolute atomic E-state index is 0.0925. The zero-order valence-corrected chi connectivity index (χ0v) is 13.6. The fraction of sp³-hybridized carbons (Fsp3) is 0.125. The van der Waals surface area contributed by atoms with E-state index in [9.17, 15) is 9.59 Å². The predicted octanol–water partition coefficient (Wildman–Crippen LogP) is 4.23. The predicted molar refractivity (Wildman–Crippen MR) is 89.9 cm³/mol. The average Bonchev–Trinajstić information content (AvgIpc) is 2.45. The second kappa shape index (κ2) is 6.81. The molecule has 0 fully saturated rings. The molecule has 0 saturated heterocycles. The number of nitrogens with zero attached hydrogens (tertiary/aromatic N) is 1. The molecule has 2 rings (SSSR count). The van der Waals surface area contributed by atoms with Crippen LogP contribution >= 0.6 is 23.2 Å². The van der Waals surface area contributed by atoms with Gasteiger partial charge in [-0.05, 0) is 36.4 Å². The Morgan fingerprint density at radius 3 is 2.27 bits per heavy atom. The van der Waals surface area contributed by atoms with Crippen molar-refractivity contribution in [2.75, 3.05) is 17.3 Å². The molecule has 2 amide bonds. The van der Waals surface area contributed by atoms with E-state index in [4.69, 9.17) is 23.2 Å². The molecular weight excluding hydrogens is 323 g/mol. The number of amides is 2. The summed E-state index contributed by atoms with van der Waals surface area (Å²) in [5.41, 5.74) is 1.63. The highest BCUT2D eigenvalue weighted by molar-refractivity contribution is 6.35. The highest BCUT2D eigenvalue weighted by Crippen LogP contribution is 2.22. The quantitative estimate of drug-likeness (QED) is 0.911. The van der Waals surface area contributed by atoms with Gasteiger partial charge in [-0.25, -0.2) is 0 Å². The number of carbonyl (C=O) groups is 2. The first kappa shape index (κ1) is 16.3. The summed E-state index contributed by atoms with van der Waals surface area (Å²) in [6, 6.07) is 11.6. The Bertz CT molecular complexity index is 712. The van der Waals surface area contributed by atoms with E-state index in [2.05, 4.69) is 5.32 Å². The van der Waals surface area contributed by atoms with Crippen LogP contribution in [0.1, 0.15) is 17.3 Å². The van der Waals surface area contributed by atoms with Gasteiger partial charge in [0.2, 0.25) is 5.91 Å². The molecule has 0 unspecified atom stereocenters. The smallest absolute Gasteiger partial charge is 0.255 e. The highest BCUT2D eigenvalue weighted by Gasteiger charge is 2.10. The van der Waals surface area contributed by atoms with Crippen molar-refractivity contribution in [3.63, 3.8) is 0 Å². The molecule has 22 heavy (non-hydrogen) atoms. The van der Waals surface area contributed by atoms with Gasteiger partial charge in [-0.2, -0.15) is 0 Å². The van der Waals surface area contributed by atoms with Gasteiger partial charge in [0.15, 0.2) is 0 Å². The number of carbonyl (C=O) groups excluding carboxylic acids is 2. The molecule has 4 nitrogen and oxygen atoms in total. The Morgan fingerprint density at radius 1 is 1.05 bits per heavy atom. The zero-order chi connectivity index (χ0) is 16.3. The van der Waals surface area contributed by atoms with Gasteiger partial charge in [0, 0.05) is 41.0 Å². The molecule has 0 saturated carbocycles. The van der Waals surface area contributed by atoms with Crippen molar-refractivity contribution >= 4 is 46.4 Å². The lowest BCUT2D eigenvalue weighted by Crippen LogP contribution is -2.23. The molecule has 6 heteroatoms. The Hall–Kier alpha value is -2.04. The van der Waals surface area contributed by atoms with E-state index in [-0.39, 0.29) is 11.8 Å². The maximum absolute atomic E-state index is 12.2. The molecule has 0 radical (unpaired) electrons. The van der Waals surface area contributed by atoms with Gasteiger partial charge in [0.05, 0.1) is 0 Å². The minimum Gasteiger partial charge on any atom is -0.322 e. The van der Waals surface area contributed by atoms with Gasteiger partial charge in [-0.15, -0.1) is 0 Å². The molecule has 2 aromatic carbocycles. The van der Waals surface area contributed by atoms with Crippen molar-refractivity contribution in [1.29, 1.82) is 0 Å². The number of hydrogen-bond acceptors (Lipinski definition) is 2. The standard InChI is InChI=1S/C16H14Cl2N2O2/c1-10(21)20(2)15-5-3-4-14(9-15)19-16(22)11-6-12(17)8-13(18)7-11/h3-9H,1-2H3,(H,19,22). The molecular formula is C16H14Cl2N2O2. The lowest BCUT2D eigenvalue weighted by molar-refractivity contribution is -0.116. The summed E-state index contributed by atoms with van der Waals surface area (Å²) in [4.78, 5) is 25.1. The van der Waals surface area contributed by atoms with E-state index in [1.165, 1.54) is 24.0 Å². The second-order valence-electron chi connectivity index (χ2n) is 4.74. The molecule has 0 heterocycles. The van der Waals surface area contributed by atoms with Crippen LogP contribution in [0.25, 0.3) is 0 Å². The minimum atomic E-state index is -0.327. The van der Waals surface area contributed by atoms with Gasteiger partial charge >= 0.3 is 0 Å². The summed E-state index contributed by atoms with van der Waals surface area (Å²) < 4.78 is 0. The van der Waals surface area contributed by atoms with Crippen LogP contribution in [0.15, 0.2) is 42.5 Å². The first-order chi connectivity index (χ1) is 10.4. The molecule has 0 spiro atoms. The first-order valence-corrected chi connectivity index (χ1v) is 7.24. The van der Waals surface area contributed by atoms with Gasteiger partial charge in [0.1, 0.15) is 0 Å². The molecule has 2 aromatic rings. The van der Waals surface area contributed by atoms with E-state index in [1.807, 2.05) is 0 Å². The van der Waals surface area contributed by atoms with Crippen LogP contribution < -0.4 is 10.2 Å². The Kier molecular flexibility index (Phi) is 5.06. The number of rotatable bonds is 3. The lowest BCUT2D eigenvalue weighted by atomic mass is 10.2. The maximum atomic E-state index is 12.2. The highest BCUT2D eigenvalue weighted by atomic mass is 35.5. The molecule has 0 aliphatic carbocycles. The third kappa shape index (κ3) is 4.00. The van der Waals surface area contributed by atoms with Crippen LogP contribution in [0.4, 0.5) is 11.4 Å². The average molecular weight is 337 g/mol.